The van der Waals surface area contributed by atoms with Crippen LogP contribution in [0.4, 0.5) is 17.1 Å². The summed E-state index contributed by atoms with van der Waals surface area (Å²) in [6.45, 7) is 2.28. The van der Waals surface area contributed by atoms with E-state index in [0.29, 0.717) is 18.0 Å². The van der Waals surface area contributed by atoms with Gasteiger partial charge in [0.05, 0.1) is 22.8 Å². The molecule has 4 N–H and O–H groups in total. The Labute approximate surface area is 241 Å². The van der Waals surface area contributed by atoms with Crippen LogP contribution in [0.1, 0.15) is 40.5 Å². The summed E-state index contributed by atoms with van der Waals surface area (Å²) in [6, 6.07) is 17.2. The van der Waals surface area contributed by atoms with Gasteiger partial charge in [-0.2, -0.15) is 0 Å². The van der Waals surface area contributed by atoms with E-state index >= 15 is 0 Å². The van der Waals surface area contributed by atoms with Gasteiger partial charge in [-0.05, 0) is 73.2 Å². The normalized spacial score (nSPS) is 13.4. The number of nitrogens with zero attached hydrogens (tertiary/aromatic N) is 1. The summed E-state index contributed by atoms with van der Waals surface area (Å²) < 4.78 is 28.0. The SMILES string of the molecule is CCCCOC(=O)c1ccc(N2C(=O)C(Cl)=C(Nc3cccc(C(=O)Nc4ccc(S(N)(=O)=O)cc4)c3)C2=O)cc1. The standard InChI is InChI=1S/C28H25ClN4O7S/c1-2-3-15-40-28(37)17-7-11-21(12-8-17)33-26(35)23(29)24(27(33)36)31-20-6-4-5-18(16-20)25(34)32-19-9-13-22(14-10-19)41(30,38)39/h4-14,16,31H,2-3,15H2,1H3,(H,32,34)(H2,30,38,39). The van der Waals surface area contributed by atoms with E-state index in [1.807, 2.05) is 6.92 Å². The quantitative estimate of drug-likeness (QED) is 0.180. The van der Waals surface area contributed by atoms with Gasteiger partial charge < -0.3 is 15.4 Å². The van der Waals surface area contributed by atoms with Crippen LogP contribution in [0.15, 0.2) is 88.4 Å². The molecule has 11 nitrogen and oxygen atoms in total. The Hall–Kier alpha value is -4.52. The zero-order valence-corrected chi connectivity index (χ0v) is 23.3. The second-order valence-electron chi connectivity index (χ2n) is 8.90. The summed E-state index contributed by atoms with van der Waals surface area (Å²) >= 11 is 6.23. The number of nitrogens with one attached hydrogen (secondary N) is 2. The predicted octanol–water partition coefficient (Wildman–Crippen LogP) is 3.98. The second kappa shape index (κ2) is 12.3. The Morgan fingerprint density at radius 3 is 2.24 bits per heavy atom. The Morgan fingerprint density at radius 1 is 0.927 bits per heavy atom. The third-order valence-electron chi connectivity index (χ3n) is 5.95. The van der Waals surface area contributed by atoms with E-state index in [1.165, 1.54) is 60.7 Å². The van der Waals surface area contributed by atoms with E-state index in [-0.39, 0.29) is 32.4 Å². The number of hydrogen-bond acceptors (Lipinski definition) is 8. The summed E-state index contributed by atoms with van der Waals surface area (Å²) in [6.07, 6.45) is 1.62. The van der Waals surface area contributed by atoms with Gasteiger partial charge in [0.15, 0.2) is 0 Å². The lowest BCUT2D eigenvalue weighted by Gasteiger charge is -2.15. The fraction of sp³-hybridized carbons (Fsp3) is 0.143. The number of carbonyl (C=O) groups is 4. The van der Waals surface area contributed by atoms with Crippen LogP contribution in [0.2, 0.25) is 0 Å². The van der Waals surface area contributed by atoms with Crippen molar-refractivity contribution in [2.45, 2.75) is 24.7 Å². The van der Waals surface area contributed by atoms with Crippen molar-refractivity contribution in [2.75, 3.05) is 22.1 Å². The highest BCUT2D eigenvalue weighted by atomic mass is 35.5. The number of amides is 3. The minimum atomic E-state index is -3.87. The molecule has 1 aliphatic rings. The number of carbonyl (C=O) groups excluding carboxylic acids is 4. The predicted molar refractivity (Wildman–Crippen MR) is 153 cm³/mol. The topological polar surface area (TPSA) is 165 Å². The summed E-state index contributed by atoms with van der Waals surface area (Å²) in [5, 5.41) is 10.2. The number of unbranched alkanes of at least 4 members (excludes halogenated alkanes) is 1. The number of sulfonamides is 1. The molecule has 0 fully saturated rings. The van der Waals surface area contributed by atoms with Crippen LogP contribution < -0.4 is 20.7 Å². The number of rotatable bonds is 10. The fourth-order valence-corrected chi connectivity index (χ4v) is 4.53. The van der Waals surface area contributed by atoms with Crippen molar-refractivity contribution in [1.82, 2.24) is 0 Å². The molecule has 3 amide bonds. The van der Waals surface area contributed by atoms with Crippen molar-refractivity contribution in [3.05, 3.63) is 94.7 Å². The average molecular weight is 597 g/mol. The zero-order valence-electron chi connectivity index (χ0n) is 21.7. The van der Waals surface area contributed by atoms with E-state index in [1.54, 1.807) is 12.1 Å². The molecule has 0 saturated heterocycles. The van der Waals surface area contributed by atoms with Crippen molar-refractivity contribution in [2.24, 2.45) is 5.14 Å². The number of ether oxygens (including phenoxy) is 1. The highest BCUT2D eigenvalue weighted by Crippen LogP contribution is 2.30. The van der Waals surface area contributed by atoms with Crippen LogP contribution in [-0.2, 0) is 24.3 Å². The lowest BCUT2D eigenvalue weighted by atomic mass is 10.1. The first-order chi connectivity index (χ1) is 19.5. The van der Waals surface area contributed by atoms with E-state index in [0.717, 1.165) is 17.7 Å². The Bertz CT molecular complexity index is 1650. The molecule has 0 aliphatic carbocycles. The van der Waals surface area contributed by atoms with Crippen molar-refractivity contribution >= 4 is 62.4 Å². The maximum atomic E-state index is 13.2. The molecule has 41 heavy (non-hydrogen) atoms. The van der Waals surface area contributed by atoms with Gasteiger partial charge in [-0.15, -0.1) is 0 Å². The molecule has 0 aromatic heterocycles. The minimum absolute atomic E-state index is 0.0995. The average Bonchev–Trinajstić information content (AvgIpc) is 3.16. The molecule has 13 heteroatoms. The van der Waals surface area contributed by atoms with Crippen molar-refractivity contribution in [3.63, 3.8) is 0 Å². The van der Waals surface area contributed by atoms with E-state index in [9.17, 15) is 27.6 Å². The number of benzene rings is 3. The third-order valence-corrected chi connectivity index (χ3v) is 7.23. The molecule has 0 saturated carbocycles. The smallest absolute Gasteiger partial charge is 0.338 e. The Kier molecular flexibility index (Phi) is 8.86. The fourth-order valence-electron chi connectivity index (χ4n) is 3.80. The van der Waals surface area contributed by atoms with Gasteiger partial charge in [-0.25, -0.2) is 23.3 Å². The molecule has 1 heterocycles. The second-order valence-corrected chi connectivity index (χ2v) is 10.8. The number of halogens is 1. The molecular weight excluding hydrogens is 572 g/mol. The van der Waals surface area contributed by atoms with Crippen LogP contribution in [-0.4, -0.2) is 38.7 Å². The molecule has 3 aromatic rings. The zero-order chi connectivity index (χ0) is 29.7. The number of anilines is 3. The van der Waals surface area contributed by atoms with Gasteiger partial charge in [-0.1, -0.05) is 31.0 Å². The summed E-state index contributed by atoms with van der Waals surface area (Å²) in [4.78, 5) is 51.7. The largest absolute Gasteiger partial charge is 0.462 e. The highest BCUT2D eigenvalue weighted by Gasteiger charge is 2.39. The van der Waals surface area contributed by atoms with E-state index in [4.69, 9.17) is 21.5 Å². The first kappa shape index (κ1) is 29.5. The molecule has 0 bridgehead atoms. The van der Waals surface area contributed by atoms with E-state index in [2.05, 4.69) is 10.6 Å². The first-order valence-corrected chi connectivity index (χ1v) is 14.3. The number of esters is 1. The Morgan fingerprint density at radius 2 is 1.61 bits per heavy atom. The van der Waals surface area contributed by atoms with Crippen molar-refractivity contribution < 1.29 is 32.3 Å². The maximum Gasteiger partial charge on any atom is 0.338 e. The highest BCUT2D eigenvalue weighted by molar-refractivity contribution is 7.89. The van der Waals surface area contributed by atoms with Crippen LogP contribution in [0, 0.1) is 0 Å². The molecule has 0 unspecified atom stereocenters. The number of imide groups is 1. The molecule has 3 aromatic carbocycles. The van der Waals surface area contributed by atoms with Gasteiger partial charge in [0.1, 0.15) is 10.7 Å². The molecule has 212 valence electrons. The molecule has 4 rings (SSSR count). The van der Waals surface area contributed by atoms with Crippen LogP contribution in [0.5, 0.6) is 0 Å². The van der Waals surface area contributed by atoms with Crippen LogP contribution >= 0.6 is 11.6 Å². The summed E-state index contributed by atoms with van der Waals surface area (Å²) in [5.74, 6) is -2.50. The van der Waals surface area contributed by atoms with Crippen molar-refractivity contribution in [3.8, 4) is 0 Å². The van der Waals surface area contributed by atoms with Gasteiger partial charge in [-0.3, -0.25) is 14.4 Å². The monoisotopic (exact) mass is 596 g/mol. The van der Waals surface area contributed by atoms with Gasteiger partial charge in [0.25, 0.3) is 17.7 Å². The summed E-state index contributed by atoms with van der Waals surface area (Å²) in [7, 11) is -3.87. The molecule has 1 aliphatic heterocycles. The van der Waals surface area contributed by atoms with Crippen molar-refractivity contribution in [1.29, 1.82) is 0 Å². The molecular formula is C28H25ClN4O7S. The van der Waals surface area contributed by atoms with Gasteiger partial charge >= 0.3 is 5.97 Å². The number of primary sulfonamides is 1. The van der Waals surface area contributed by atoms with Crippen LogP contribution in [0.3, 0.4) is 0 Å². The van der Waals surface area contributed by atoms with Gasteiger partial charge in [0.2, 0.25) is 10.0 Å². The molecule has 0 radical (unpaired) electrons. The lowest BCUT2D eigenvalue weighted by molar-refractivity contribution is -0.120. The maximum absolute atomic E-state index is 13.2. The number of nitrogens with two attached hydrogens (primary N) is 1. The summed E-state index contributed by atoms with van der Waals surface area (Å²) in [5.41, 5.74) is 1.15. The molecule has 0 spiro atoms. The van der Waals surface area contributed by atoms with Gasteiger partial charge in [0, 0.05) is 16.9 Å². The third kappa shape index (κ3) is 6.80. The first-order valence-electron chi connectivity index (χ1n) is 12.4. The lowest BCUT2D eigenvalue weighted by Crippen LogP contribution is -2.32. The Balaban J connectivity index is 1.45. The number of hydrogen-bond donors (Lipinski definition) is 3. The van der Waals surface area contributed by atoms with E-state index < -0.39 is 33.7 Å². The minimum Gasteiger partial charge on any atom is -0.462 e. The molecule has 0 atom stereocenters. The van der Waals surface area contributed by atoms with Crippen LogP contribution in [0.25, 0.3) is 0 Å².